The maximum atomic E-state index is 5.42. The van der Waals surface area contributed by atoms with Gasteiger partial charge in [0.1, 0.15) is 0 Å². The van der Waals surface area contributed by atoms with Crippen LogP contribution in [0.25, 0.3) is 0 Å². The minimum absolute atomic E-state index is 0.698. The van der Waals surface area contributed by atoms with Crippen molar-refractivity contribution in [3.63, 3.8) is 0 Å². The predicted molar refractivity (Wildman–Crippen MR) is 46.5 cm³/mol. The summed E-state index contributed by atoms with van der Waals surface area (Å²) < 4.78 is 5.42. The van der Waals surface area contributed by atoms with Crippen LogP contribution in [0.2, 0.25) is 0 Å². The molecule has 0 amide bonds. The van der Waals surface area contributed by atoms with Gasteiger partial charge < -0.3 is 4.74 Å². The summed E-state index contributed by atoms with van der Waals surface area (Å²) in [6, 6.07) is 0. The van der Waals surface area contributed by atoms with E-state index in [-0.39, 0.29) is 0 Å². The summed E-state index contributed by atoms with van der Waals surface area (Å²) in [4.78, 5) is 0. The Morgan fingerprint density at radius 2 is 2.33 bits per heavy atom. The lowest BCUT2D eigenvalue weighted by Gasteiger charge is -2.01. The highest BCUT2D eigenvalue weighted by atomic mass is 16.5. The number of hydrogen-bond acceptors (Lipinski definition) is 2. The van der Waals surface area contributed by atoms with Crippen molar-refractivity contribution in [1.82, 2.24) is 10.2 Å². The largest absolute Gasteiger partial charge is 0.477 e. The van der Waals surface area contributed by atoms with Gasteiger partial charge in [-0.3, -0.25) is 5.10 Å². The van der Waals surface area contributed by atoms with Crippen molar-refractivity contribution >= 4 is 0 Å². The number of aryl methyl sites for hydroxylation is 1. The molecule has 0 saturated heterocycles. The van der Waals surface area contributed by atoms with E-state index in [4.69, 9.17) is 4.74 Å². The van der Waals surface area contributed by atoms with Gasteiger partial charge in [0.25, 0.3) is 0 Å². The molecule has 1 saturated carbocycles. The average Bonchev–Trinajstić information content (AvgIpc) is 2.80. The molecule has 1 aliphatic rings. The molecule has 1 aromatic rings. The molecule has 1 fully saturated rings. The number of hydrogen-bond donors (Lipinski definition) is 1. The van der Waals surface area contributed by atoms with Crippen LogP contribution in [0.3, 0.4) is 0 Å². The molecule has 0 spiro atoms. The van der Waals surface area contributed by atoms with Gasteiger partial charge in [0.15, 0.2) is 0 Å². The zero-order valence-corrected chi connectivity index (χ0v) is 7.55. The van der Waals surface area contributed by atoms with Gasteiger partial charge in [-0.05, 0) is 32.6 Å². The molecule has 66 valence electrons. The van der Waals surface area contributed by atoms with Crippen LogP contribution in [-0.4, -0.2) is 16.8 Å². The van der Waals surface area contributed by atoms with E-state index in [9.17, 15) is 0 Å². The van der Waals surface area contributed by atoms with Crippen LogP contribution in [0.1, 0.15) is 36.9 Å². The zero-order valence-electron chi connectivity index (χ0n) is 7.55. The van der Waals surface area contributed by atoms with Gasteiger partial charge in [0, 0.05) is 11.3 Å². The van der Waals surface area contributed by atoms with Crippen LogP contribution in [0.4, 0.5) is 0 Å². The fourth-order valence-electron chi connectivity index (χ4n) is 1.52. The maximum absolute atomic E-state index is 5.42. The highest BCUT2D eigenvalue weighted by Gasteiger charge is 2.30. The number of rotatable bonds is 3. The lowest BCUT2D eigenvalue weighted by atomic mass is 10.1. The Labute approximate surface area is 72.1 Å². The summed E-state index contributed by atoms with van der Waals surface area (Å²) in [7, 11) is 0. The zero-order chi connectivity index (χ0) is 8.55. The molecule has 0 aliphatic heterocycles. The monoisotopic (exact) mass is 166 g/mol. The minimum atomic E-state index is 0.698. The van der Waals surface area contributed by atoms with Crippen LogP contribution >= 0.6 is 0 Å². The Kier molecular flexibility index (Phi) is 1.79. The Hall–Kier alpha value is -0.990. The van der Waals surface area contributed by atoms with Gasteiger partial charge in [-0.15, -0.1) is 5.10 Å². The Morgan fingerprint density at radius 1 is 1.58 bits per heavy atom. The van der Waals surface area contributed by atoms with E-state index in [1.54, 1.807) is 0 Å². The van der Waals surface area contributed by atoms with Crippen LogP contribution in [0, 0.1) is 6.92 Å². The van der Waals surface area contributed by atoms with Gasteiger partial charge >= 0.3 is 0 Å². The second kappa shape index (κ2) is 2.81. The van der Waals surface area contributed by atoms with Crippen LogP contribution in [-0.2, 0) is 0 Å². The van der Waals surface area contributed by atoms with Gasteiger partial charge in [-0.2, -0.15) is 0 Å². The standard InChI is InChI=1S/C9H14N2O/c1-3-12-9-8(7-4-5-7)6(2)10-11-9/h7H,3-5H2,1-2H3,(H,10,11). The van der Waals surface area contributed by atoms with Crippen molar-refractivity contribution in [2.24, 2.45) is 0 Å². The first-order valence-corrected chi connectivity index (χ1v) is 4.50. The highest BCUT2D eigenvalue weighted by molar-refractivity contribution is 5.36. The Balaban J connectivity index is 2.27. The SMILES string of the molecule is CCOc1n[nH]c(C)c1C1CC1. The molecular weight excluding hydrogens is 152 g/mol. The quantitative estimate of drug-likeness (QED) is 0.745. The molecule has 12 heavy (non-hydrogen) atoms. The van der Waals surface area contributed by atoms with Gasteiger partial charge in [-0.25, -0.2) is 0 Å². The molecule has 0 unspecified atom stereocenters. The molecule has 1 heterocycles. The minimum Gasteiger partial charge on any atom is -0.477 e. The molecule has 0 aromatic carbocycles. The van der Waals surface area contributed by atoms with Gasteiger partial charge in [0.05, 0.1) is 6.61 Å². The summed E-state index contributed by atoms with van der Waals surface area (Å²) in [5.74, 6) is 1.53. The molecule has 3 nitrogen and oxygen atoms in total. The van der Waals surface area contributed by atoms with Crippen molar-refractivity contribution in [2.45, 2.75) is 32.6 Å². The topological polar surface area (TPSA) is 37.9 Å². The molecule has 3 heteroatoms. The van der Waals surface area contributed by atoms with Crippen molar-refractivity contribution in [3.05, 3.63) is 11.3 Å². The van der Waals surface area contributed by atoms with Crippen molar-refractivity contribution in [2.75, 3.05) is 6.61 Å². The summed E-state index contributed by atoms with van der Waals surface area (Å²) in [6.07, 6.45) is 2.58. The molecule has 0 radical (unpaired) electrons. The first kappa shape index (κ1) is 7.65. The fraction of sp³-hybridized carbons (Fsp3) is 0.667. The Morgan fingerprint density at radius 3 is 2.92 bits per heavy atom. The van der Waals surface area contributed by atoms with E-state index in [2.05, 4.69) is 17.1 Å². The number of nitrogens with one attached hydrogen (secondary N) is 1. The van der Waals surface area contributed by atoms with Crippen molar-refractivity contribution < 1.29 is 4.74 Å². The molecule has 1 N–H and O–H groups in total. The number of nitrogens with zero attached hydrogens (tertiary/aromatic N) is 1. The Bertz CT molecular complexity index is 276. The van der Waals surface area contributed by atoms with Gasteiger partial charge in [-0.1, -0.05) is 0 Å². The van der Waals surface area contributed by atoms with E-state index in [1.165, 1.54) is 24.1 Å². The van der Waals surface area contributed by atoms with E-state index in [0.29, 0.717) is 12.5 Å². The molecule has 1 aliphatic carbocycles. The second-order valence-corrected chi connectivity index (χ2v) is 3.27. The third kappa shape index (κ3) is 1.19. The molecule has 0 atom stereocenters. The smallest absolute Gasteiger partial charge is 0.236 e. The number of aromatic amines is 1. The molecule has 2 rings (SSSR count). The number of aromatic nitrogens is 2. The summed E-state index contributed by atoms with van der Waals surface area (Å²) in [6.45, 7) is 4.74. The van der Waals surface area contributed by atoms with Crippen molar-refractivity contribution in [1.29, 1.82) is 0 Å². The summed E-state index contributed by atoms with van der Waals surface area (Å²) in [5.41, 5.74) is 2.47. The molecular formula is C9H14N2O. The van der Waals surface area contributed by atoms with Crippen LogP contribution in [0.5, 0.6) is 5.88 Å². The lowest BCUT2D eigenvalue weighted by molar-refractivity contribution is 0.323. The second-order valence-electron chi connectivity index (χ2n) is 3.27. The first-order chi connectivity index (χ1) is 5.83. The predicted octanol–water partition coefficient (Wildman–Crippen LogP) is 1.99. The van der Waals surface area contributed by atoms with E-state index >= 15 is 0 Å². The van der Waals surface area contributed by atoms with Crippen LogP contribution < -0.4 is 4.74 Å². The average molecular weight is 166 g/mol. The summed E-state index contributed by atoms with van der Waals surface area (Å²) in [5, 5.41) is 7.09. The maximum Gasteiger partial charge on any atom is 0.236 e. The third-order valence-electron chi connectivity index (χ3n) is 2.23. The lowest BCUT2D eigenvalue weighted by Crippen LogP contribution is -1.94. The molecule has 0 bridgehead atoms. The van der Waals surface area contributed by atoms with E-state index < -0.39 is 0 Å². The van der Waals surface area contributed by atoms with E-state index in [0.717, 1.165) is 5.88 Å². The van der Waals surface area contributed by atoms with Crippen LogP contribution in [0.15, 0.2) is 0 Å². The van der Waals surface area contributed by atoms with Gasteiger partial charge in [0.2, 0.25) is 5.88 Å². The normalized spacial score (nSPS) is 16.5. The summed E-state index contributed by atoms with van der Waals surface area (Å²) >= 11 is 0. The molecule has 1 aromatic heterocycles. The van der Waals surface area contributed by atoms with E-state index in [1.807, 2.05) is 6.92 Å². The fourth-order valence-corrected chi connectivity index (χ4v) is 1.52. The first-order valence-electron chi connectivity index (χ1n) is 4.50. The number of ether oxygens (including phenoxy) is 1. The van der Waals surface area contributed by atoms with Crippen molar-refractivity contribution in [3.8, 4) is 5.88 Å². The number of H-pyrrole nitrogens is 1. The third-order valence-corrected chi connectivity index (χ3v) is 2.23. The highest BCUT2D eigenvalue weighted by Crippen LogP contribution is 2.44.